The minimum Gasteiger partial charge on any atom is -0.469 e. The average molecular weight is 291 g/mol. The van der Waals surface area contributed by atoms with Gasteiger partial charge >= 0.3 is 5.97 Å². The second kappa shape index (κ2) is 5.41. The molecule has 2 unspecified atom stereocenters. The van der Waals surface area contributed by atoms with Gasteiger partial charge in [-0.25, -0.2) is 4.39 Å². The third-order valence-corrected chi connectivity index (χ3v) is 5.35. The molecule has 0 radical (unpaired) electrons. The number of methoxy groups -OCH3 is 1. The second-order valence-corrected chi connectivity index (χ2v) is 6.36. The Labute approximate surface area is 125 Å². The lowest BCUT2D eigenvalue weighted by atomic mass is 9.76. The number of halogens is 1. The number of hydrogen-bond acceptors (Lipinski definition) is 3. The van der Waals surface area contributed by atoms with Gasteiger partial charge in [0.15, 0.2) is 0 Å². The molecule has 3 rings (SSSR count). The number of rotatable bonds is 2. The number of fused-ring (bicyclic) bond motifs is 2. The SMILES string of the molecule is COC(=O)[C@@H]1C2CCC(C[C@@H]1c1ccc(F)c(C)c1)N2C. The van der Waals surface area contributed by atoms with Gasteiger partial charge in [0.1, 0.15) is 5.82 Å². The molecule has 0 spiro atoms. The topological polar surface area (TPSA) is 29.5 Å². The lowest BCUT2D eigenvalue weighted by Crippen LogP contribution is -2.49. The van der Waals surface area contributed by atoms with Crippen LogP contribution < -0.4 is 0 Å². The van der Waals surface area contributed by atoms with Crippen LogP contribution in [0, 0.1) is 18.7 Å². The van der Waals surface area contributed by atoms with Gasteiger partial charge in [0.25, 0.3) is 0 Å². The summed E-state index contributed by atoms with van der Waals surface area (Å²) in [6.45, 7) is 1.77. The zero-order chi connectivity index (χ0) is 15.1. The minimum atomic E-state index is -0.190. The predicted octanol–water partition coefficient (Wildman–Crippen LogP) is 2.87. The van der Waals surface area contributed by atoms with Gasteiger partial charge < -0.3 is 4.74 Å². The molecule has 4 heteroatoms. The normalized spacial score (nSPS) is 32.2. The molecule has 0 N–H and O–H groups in total. The van der Waals surface area contributed by atoms with Gasteiger partial charge in [0.2, 0.25) is 0 Å². The van der Waals surface area contributed by atoms with Crippen LogP contribution in [0.25, 0.3) is 0 Å². The highest BCUT2D eigenvalue weighted by Gasteiger charge is 2.49. The van der Waals surface area contributed by atoms with Gasteiger partial charge in [-0.1, -0.05) is 12.1 Å². The van der Waals surface area contributed by atoms with Gasteiger partial charge in [-0.3, -0.25) is 9.69 Å². The monoisotopic (exact) mass is 291 g/mol. The molecule has 2 fully saturated rings. The van der Waals surface area contributed by atoms with Crippen molar-refractivity contribution in [1.82, 2.24) is 4.90 Å². The average Bonchev–Trinajstić information content (AvgIpc) is 2.72. The summed E-state index contributed by atoms with van der Waals surface area (Å²) in [6, 6.07) is 5.99. The molecule has 2 saturated heterocycles. The van der Waals surface area contributed by atoms with Crippen molar-refractivity contribution in [2.75, 3.05) is 14.2 Å². The predicted molar refractivity (Wildman–Crippen MR) is 78.6 cm³/mol. The van der Waals surface area contributed by atoms with E-state index in [1.165, 1.54) is 13.2 Å². The molecule has 1 aromatic rings. The molecule has 21 heavy (non-hydrogen) atoms. The third kappa shape index (κ3) is 2.35. The Balaban J connectivity index is 1.98. The van der Waals surface area contributed by atoms with Crippen molar-refractivity contribution in [3.05, 3.63) is 35.1 Å². The molecule has 1 aromatic carbocycles. The first kappa shape index (κ1) is 14.5. The van der Waals surface area contributed by atoms with Crippen molar-refractivity contribution in [2.24, 2.45) is 5.92 Å². The van der Waals surface area contributed by atoms with E-state index >= 15 is 0 Å². The van der Waals surface area contributed by atoms with Crippen molar-refractivity contribution in [2.45, 2.75) is 44.2 Å². The number of nitrogens with zero attached hydrogens (tertiary/aromatic N) is 1. The molecule has 0 amide bonds. The number of benzene rings is 1. The van der Waals surface area contributed by atoms with E-state index in [0.29, 0.717) is 11.6 Å². The van der Waals surface area contributed by atoms with Crippen LogP contribution >= 0.6 is 0 Å². The highest BCUT2D eigenvalue weighted by molar-refractivity contribution is 5.75. The zero-order valence-corrected chi connectivity index (χ0v) is 12.8. The van der Waals surface area contributed by atoms with E-state index in [-0.39, 0.29) is 29.7 Å². The molecule has 3 nitrogen and oxygen atoms in total. The first-order chi connectivity index (χ1) is 10.0. The first-order valence-corrected chi connectivity index (χ1v) is 7.58. The number of carbonyl (C=O) groups is 1. The summed E-state index contributed by atoms with van der Waals surface area (Å²) < 4.78 is 18.6. The zero-order valence-electron chi connectivity index (χ0n) is 12.8. The number of hydrogen-bond donors (Lipinski definition) is 0. The van der Waals surface area contributed by atoms with Gasteiger partial charge in [0.05, 0.1) is 13.0 Å². The molecule has 2 bridgehead atoms. The molecular formula is C17H22FNO2. The summed E-state index contributed by atoms with van der Waals surface area (Å²) >= 11 is 0. The fourth-order valence-electron chi connectivity index (χ4n) is 4.17. The summed E-state index contributed by atoms with van der Waals surface area (Å²) in [5, 5.41) is 0. The van der Waals surface area contributed by atoms with Crippen molar-refractivity contribution in [3.8, 4) is 0 Å². The molecule has 2 aliphatic heterocycles. The summed E-state index contributed by atoms with van der Waals surface area (Å²) in [6.07, 6.45) is 3.11. The Bertz CT molecular complexity index is 560. The van der Waals surface area contributed by atoms with E-state index in [4.69, 9.17) is 4.74 Å². The number of ether oxygens (including phenoxy) is 1. The van der Waals surface area contributed by atoms with Crippen LogP contribution in [0.3, 0.4) is 0 Å². The standard InChI is InChI=1S/C17H22FNO2/c1-10-8-11(4-6-14(10)18)13-9-12-5-7-15(19(12)2)16(13)17(20)21-3/h4,6,8,12-13,15-16H,5,7,9H2,1-3H3/t12?,13-,15?,16+/m1/s1. The highest BCUT2D eigenvalue weighted by Crippen LogP contribution is 2.46. The number of esters is 1. The maximum Gasteiger partial charge on any atom is 0.310 e. The largest absolute Gasteiger partial charge is 0.469 e. The van der Waals surface area contributed by atoms with E-state index in [0.717, 1.165) is 24.8 Å². The van der Waals surface area contributed by atoms with Crippen LogP contribution in [-0.2, 0) is 9.53 Å². The van der Waals surface area contributed by atoms with Crippen LogP contribution in [0.15, 0.2) is 18.2 Å². The van der Waals surface area contributed by atoms with Crippen LogP contribution in [0.4, 0.5) is 4.39 Å². The first-order valence-electron chi connectivity index (χ1n) is 7.58. The smallest absolute Gasteiger partial charge is 0.310 e. The number of carbonyl (C=O) groups excluding carboxylic acids is 1. The third-order valence-electron chi connectivity index (χ3n) is 5.35. The van der Waals surface area contributed by atoms with E-state index in [9.17, 15) is 9.18 Å². The molecule has 2 aliphatic rings. The highest BCUT2D eigenvalue weighted by atomic mass is 19.1. The molecule has 2 heterocycles. The van der Waals surface area contributed by atoms with Gasteiger partial charge in [0, 0.05) is 18.0 Å². The molecule has 114 valence electrons. The van der Waals surface area contributed by atoms with Crippen molar-refractivity contribution >= 4 is 5.97 Å². The maximum absolute atomic E-state index is 13.5. The van der Waals surface area contributed by atoms with Gasteiger partial charge in [-0.2, -0.15) is 0 Å². The number of piperidine rings is 1. The van der Waals surface area contributed by atoms with E-state index in [1.54, 1.807) is 6.92 Å². The van der Waals surface area contributed by atoms with Gasteiger partial charge in [-0.15, -0.1) is 0 Å². The van der Waals surface area contributed by atoms with Crippen LogP contribution in [0.1, 0.15) is 36.3 Å². The van der Waals surface area contributed by atoms with E-state index < -0.39 is 0 Å². The van der Waals surface area contributed by atoms with E-state index in [2.05, 4.69) is 11.9 Å². The Hall–Kier alpha value is -1.42. The molecule has 4 atom stereocenters. The lowest BCUT2D eigenvalue weighted by molar-refractivity contribution is -0.150. The van der Waals surface area contributed by atoms with Crippen molar-refractivity contribution in [3.63, 3.8) is 0 Å². The van der Waals surface area contributed by atoms with Crippen LogP contribution in [0.2, 0.25) is 0 Å². The molecule has 0 aliphatic carbocycles. The van der Waals surface area contributed by atoms with Crippen LogP contribution in [0.5, 0.6) is 0 Å². The minimum absolute atomic E-state index is 0.130. The Morgan fingerprint density at radius 3 is 2.81 bits per heavy atom. The maximum atomic E-state index is 13.5. The number of aryl methyl sites for hydroxylation is 1. The summed E-state index contributed by atoms with van der Waals surface area (Å²) in [7, 11) is 3.56. The Morgan fingerprint density at radius 1 is 1.38 bits per heavy atom. The van der Waals surface area contributed by atoms with Crippen LogP contribution in [-0.4, -0.2) is 37.1 Å². The molecular weight excluding hydrogens is 269 g/mol. The van der Waals surface area contributed by atoms with Gasteiger partial charge in [-0.05, 0) is 50.4 Å². The van der Waals surface area contributed by atoms with E-state index in [1.807, 2.05) is 12.1 Å². The van der Waals surface area contributed by atoms with Crippen molar-refractivity contribution < 1.29 is 13.9 Å². The fourth-order valence-corrected chi connectivity index (χ4v) is 4.17. The summed E-state index contributed by atoms with van der Waals surface area (Å²) in [5.41, 5.74) is 1.71. The summed E-state index contributed by atoms with van der Waals surface area (Å²) in [4.78, 5) is 14.6. The second-order valence-electron chi connectivity index (χ2n) is 6.36. The molecule has 0 saturated carbocycles. The Kier molecular flexibility index (Phi) is 3.74. The van der Waals surface area contributed by atoms with Crippen molar-refractivity contribution in [1.29, 1.82) is 0 Å². The molecule has 0 aromatic heterocycles. The fraction of sp³-hybridized carbons (Fsp3) is 0.588. The Morgan fingerprint density at radius 2 is 2.14 bits per heavy atom. The summed E-state index contributed by atoms with van der Waals surface area (Å²) in [5.74, 6) is -0.350. The quantitative estimate of drug-likeness (QED) is 0.785. The lowest BCUT2D eigenvalue weighted by Gasteiger charge is -2.41.